The summed E-state index contributed by atoms with van der Waals surface area (Å²) in [6.07, 6.45) is 7.09. The molecule has 1 fully saturated rings. The molecule has 5 heteroatoms. The van der Waals surface area contributed by atoms with E-state index in [1.54, 1.807) is 0 Å². The summed E-state index contributed by atoms with van der Waals surface area (Å²) in [6.45, 7) is 2.28. The predicted molar refractivity (Wildman–Crippen MR) is 84.5 cm³/mol. The van der Waals surface area contributed by atoms with Crippen LogP contribution in [-0.2, 0) is 0 Å². The predicted octanol–water partition coefficient (Wildman–Crippen LogP) is 1.85. The van der Waals surface area contributed by atoms with Gasteiger partial charge in [0.1, 0.15) is 5.82 Å². The van der Waals surface area contributed by atoms with Crippen molar-refractivity contribution in [3.05, 3.63) is 12.3 Å². The Morgan fingerprint density at radius 1 is 1.30 bits per heavy atom. The highest BCUT2D eigenvalue weighted by Crippen LogP contribution is 2.19. The topological polar surface area (TPSA) is 35.5 Å². The zero-order valence-electron chi connectivity index (χ0n) is 13.2. The number of aromatic nitrogens is 2. The Balaban J connectivity index is 1.91. The molecular weight excluding hydrogens is 250 g/mol. The van der Waals surface area contributed by atoms with Crippen LogP contribution in [0.5, 0.6) is 0 Å². The molecule has 0 N–H and O–H groups in total. The van der Waals surface area contributed by atoms with Crippen molar-refractivity contribution in [2.75, 3.05) is 51.1 Å². The summed E-state index contributed by atoms with van der Waals surface area (Å²) in [5, 5.41) is 0. The van der Waals surface area contributed by atoms with Crippen molar-refractivity contribution in [3.8, 4) is 0 Å². The monoisotopic (exact) mass is 277 g/mol. The standard InChI is InChI=1S/C15H27N5/c1-18(2)15-16-10-8-14(17-15)20(4)12-9-13-7-5-6-11-19(13)3/h8,10,13H,5-7,9,11-12H2,1-4H3/t13-/m0/s1. The van der Waals surface area contributed by atoms with Crippen LogP contribution in [0, 0.1) is 0 Å². The Morgan fingerprint density at radius 2 is 2.10 bits per heavy atom. The van der Waals surface area contributed by atoms with Crippen LogP contribution in [0.15, 0.2) is 12.3 Å². The molecular formula is C15H27N5. The first-order valence-corrected chi connectivity index (χ1v) is 7.49. The van der Waals surface area contributed by atoms with Crippen LogP contribution in [0.1, 0.15) is 25.7 Å². The summed E-state index contributed by atoms with van der Waals surface area (Å²) in [5.74, 6) is 1.77. The molecule has 2 heterocycles. The van der Waals surface area contributed by atoms with Crippen LogP contribution < -0.4 is 9.80 Å². The summed E-state index contributed by atoms with van der Waals surface area (Å²) in [6, 6.07) is 2.71. The van der Waals surface area contributed by atoms with Gasteiger partial charge in [0.2, 0.25) is 5.95 Å². The number of piperidine rings is 1. The van der Waals surface area contributed by atoms with Crippen LogP contribution in [0.4, 0.5) is 11.8 Å². The Hall–Kier alpha value is -1.36. The van der Waals surface area contributed by atoms with E-state index >= 15 is 0 Å². The lowest BCUT2D eigenvalue weighted by molar-refractivity contribution is 0.178. The van der Waals surface area contributed by atoms with Gasteiger partial charge >= 0.3 is 0 Å². The summed E-state index contributed by atoms with van der Waals surface area (Å²) >= 11 is 0. The average Bonchev–Trinajstić information content (AvgIpc) is 2.46. The molecule has 0 aromatic carbocycles. The lowest BCUT2D eigenvalue weighted by Gasteiger charge is -2.33. The number of likely N-dealkylation sites (tertiary alicyclic amines) is 1. The third-order valence-corrected chi connectivity index (χ3v) is 4.14. The normalized spacial score (nSPS) is 19.9. The highest BCUT2D eigenvalue weighted by molar-refractivity contribution is 5.42. The minimum absolute atomic E-state index is 0.723. The molecule has 1 aliphatic rings. The van der Waals surface area contributed by atoms with Crippen LogP contribution in [0.2, 0.25) is 0 Å². The molecule has 0 aliphatic carbocycles. The molecule has 1 aliphatic heterocycles. The first-order chi connectivity index (χ1) is 9.58. The summed E-state index contributed by atoms with van der Waals surface area (Å²) in [4.78, 5) is 15.5. The van der Waals surface area contributed by atoms with Crippen LogP contribution in [-0.4, -0.2) is 62.2 Å². The van der Waals surface area contributed by atoms with Gasteiger partial charge in [-0.15, -0.1) is 0 Å². The number of hydrogen-bond donors (Lipinski definition) is 0. The molecule has 5 nitrogen and oxygen atoms in total. The second kappa shape index (κ2) is 6.88. The van der Waals surface area contributed by atoms with Crippen molar-refractivity contribution in [1.82, 2.24) is 14.9 Å². The van der Waals surface area contributed by atoms with Gasteiger partial charge in [0.15, 0.2) is 0 Å². The van der Waals surface area contributed by atoms with Crippen molar-refractivity contribution in [2.24, 2.45) is 0 Å². The molecule has 20 heavy (non-hydrogen) atoms. The number of rotatable bonds is 5. The van der Waals surface area contributed by atoms with E-state index in [2.05, 4.69) is 33.9 Å². The van der Waals surface area contributed by atoms with Crippen molar-refractivity contribution in [1.29, 1.82) is 0 Å². The maximum Gasteiger partial charge on any atom is 0.226 e. The van der Waals surface area contributed by atoms with E-state index < -0.39 is 0 Å². The van der Waals surface area contributed by atoms with E-state index in [1.807, 2.05) is 31.3 Å². The van der Waals surface area contributed by atoms with E-state index in [-0.39, 0.29) is 0 Å². The second-order valence-corrected chi connectivity index (χ2v) is 5.95. The van der Waals surface area contributed by atoms with E-state index in [0.29, 0.717) is 0 Å². The Bertz CT molecular complexity index is 420. The van der Waals surface area contributed by atoms with Gasteiger partial charge in [0.05, 0.1) is 0 Å². The molecule has 0 radical (unpaired) electrons. The van der Waals surface area contributed by atoms with E-state index in [9.17, 15) is 0 Å². The Morgan fingerprint density at radius 3 is 2.80 bits per heavy atom. The molecule has 1 saturated heterocycles. The van der Waals surface area contributed by atoms with Crippen LogP contribution >= 0.6 is 0 Å². The van der Waals surface area contributed by atoms with Crippen molar-refractivity contribution in [2.45, 2.75) is 31.7 Å². The summed E-state index contributed by atoms with van der Waals surface area (Å²) in [7, 11) is 8.30. The molecule has 112 valence electrons. The van der Waals surface area contributed by atoms with Gasteiger partial charge < -0.3 is 14.7 Å². The molecule has 1 atom stereocenters. The summed E-state index contributed by atoms with van der Waals surface area (Å²) in [5.41, 5.74) is 0. The second-order valence-electron chi connectivity index (χ2n) is 5.95. The third-order valence-electron chi connectivity index (χ3n) is 4.14. The van der Waals surface area contributed by atoms with Gasteiger partial charge in [0.25, 0.3) is 0 Å². The van der Waals surface area contributed by atoms with E-state index in [4.69, 9.17) is 0 Å². The lowest BCUT2D eigenvalue weighted by Crippen LogP contribution is -2.38. The van der Waals surface area contributed by atoms with Gasteiger partial charge in [-0.2, -0.15) is 4.98 Å². The summed E-state index contributed by atoms with van der Waals surface area (Å²) < 4.78 is 0. The zero-order chi connectivity index (χ0) is 14.5. The Kier molecular flexibility index (Phi) is 5.17. The molecule has 0 amide bonds. The van der Waals surface area contributed by atoms with Gasteiger partial charge in [-0.3, -0.25) is 0 Å². The quantitative estimate of drug-likeness (QED) is 0.821. The molecule has 0 unspecified atom stereocenters. The largest absolute Gasteiger partial charge is 0.359 e. The van der Waals surface area contributed by atoms with Gasteiger partial charge in [-0.1, -0.05) is 6.42 Å². The lowest BCUT2D eigenvalue weighted by atomic mass is 10.00. The maximum atomic E-state index is 4.58. The smallest absolute Gasteiger partial charge is 0.226 e. The third kappa shape index (κ3) is 3.82. The highest BCUT2D eigenvalue weighted by Gasteiger charge is 2.19. The fraction of sp³-hybridized carbons (Fsp3) is 0.733. The highest BCUT2D eigenvalue weighted by atomic mass is 15.3. The van der Waals surface area contributed by atoms with E-state index in [1.165, 1.54) is 32.2 Å². The minimum Gasteiger partial charge on any atom is -0.359 e. The van der Waals surface area contributed by atoms with Crippen molar-refractivity contribution >= 4 is 11.8 Å². The van der Waals surface area contributed by atoms with Crippen LogP contribution in [0.3, 0.4) is 0 Å². The Labute approximate surface area is 122 Å². The maximum absolute atomic E-state index is 4.58. The van der Waals surface area contributed by atoms with Crippen LogP contribution in [0.25, 0.3) is 0 Å². The van der Waals surface area contributed by atoms with Gasteiger partial charge in [-0.05, 0) is 38.9 Å². The SMILES string of the molecule is CN(C)c1nccc(N(C)CC[C@@H]2CCCCN2C)n1. The molecule has 1 aromatic rings. The van der Waals surface area contributed by atoms with Crippen molar-refractivity contribution in [3.63, 3.8) is 0 Å². The minimum atomic E-state index is 0.723. The average molecular weight is 277 g/mol. The van der Waals surface area contributed by atoms with Gasteiger partial charge in [-0.25, -0.2) is 4.98 Å². The van der Waals surface area contributed by atoms with Crippen molar-refractivity contribution < 1.29 is 0 Å². The fourth-order valence-corrected chi connectivity index (χ4v) is 2.73. The first kappa shape index (κ1) is 15.0. The molecule has 2 rings (SSSR count). The zero-order valence-corrected chi connectivity index (χ0v) is 13.2. The molecule has 0 spiro atoms. The molecule has 0 saturated carbocycles. The molecule has 0 bridgehead atoms. The van der Waals surface area contributed by atoms with Gasteiger partial charge in [0, 0.05) is 39.9 Å². The number of anilines is 2. The number of nitrogens with zero attached hydrogens (tertiary/aromatic N) is 5. The van der Waals surface area contributed by atoms with E-state index in [0.717, 1.165) is 24.4 Å². The molecule has 1 aromatic heterocycles. The fourth-order valence-electron chi connectivity index (χ4n) is 2.73. The first-order valence-electron chi connectivity index (χ1n) is 7.49. The number of hydrogen-bond acceptors (Lipinski definition) is 5.